The van der Waals surface area contributed by atoms with E-state index in [-0.39, 0.29) is 46.2 Å². The van der Waals surface area contributed by atoms with Crippen LogP contribution in [0.1, 0.15) is 19.8 Å². The van der Waals surface area contributed by atoms with E-state index in [4.69, 9.17) is 25.8 Å². The second-order valence-corrected chi connectivity index (χ2v) is 8.28. The topological polar surface area (TPSA) is 96.9 Å². The molecule has 9 nitrogen and oxygen atoms in total. The molecule has 1 aliphatic heterocycles. The average molecular weight is 495 g/mol. The predicted molar refractivity (Wildman–Crippen MR) is 119 cm³/mol. The van der Waals surface area contributed by atoms with Gasteiger partial charge in [-0.25, -0.2) is 23.8 Å². The lowest BCUT2D eigenvalue weighted by molar-refractivity contribution is -0.145. The zero-order valence-electron chi connectivity index (χ0n) is 17.6. The summed E-state index contributed by atoms with van der Waals surface area (Å²) in [6.45, 7) is 2.80. The molecule has 2 aromatic heterocycles. The van der Waals surface area contributed by atoms with Crippen LogP contribution in [-0.4, -0.2) is 33.5 Å². The Labute approximate surface area is 196 Å². The van der Waals surface area contributed by atoms with Crippen molar-refractivity contribution in [3.8, 4) is 17.4 Å². The summed E-state index contributed by atoms with van der Waals surface area (Å²) in [7, 11) is 0. The van der Waals surface area contributed by atoms with Crippen LogP contribution < -0.4 is 19.1 Å². The SMILES string of the molecule is CCOC(=O)COc1ncccc1Oc1cc(N=c2sc(=O)n3n2CCCC3)c(F)cc1Cl. The van der Waals surface area contributed by atoms with Gasteiger partial charge in [-0.3, -0.25) is 9.48 Å². The van der Waals surface area contributed by atoms with Gasteiger partial charge < -0.3 is 14.2 Å². The van der Waals surface area contributed by atoms with Gasteiger partial charge in [0.2, 0.25) is 4.80 Å². The maximum absolute atomic E-state index is 14.6. The lowest BCUT2D eigenvalue weighted by atomic mass is 10.3. The van der Waals surface area contributed by atoms with Gasteiger partial charge in [-0.15, -0.1) is 0 Å². The number of halogens is 2. The molecule has 0 spiro atoms. The first-order chi connectivity index (χ1) is 16.0. The third-order valence-corrected chi connectivity index (χ3v) is 5.86. The van der Waals surface area contributed by atoms with Crippen LogP contribution in [0.3, 0.4) is 0 Å². The molecule has 3 aromatic rings. The highest BCUT2D eigenvalue weighted by atomic mass is 35.5. The minimum Gasteiger partial charge on any atom is -0.463 e. The van der Waals surface area contributed by atoms with E-state index in [1.807, 2.05) is 0 Å². The van der Waals surface area contributed by atoms with Gasteiger partial charge in [0.15, 0.2) is 18.2 Å². The molecule has 0 amide bonds. The minimum atomic E-state index is -0.659. The maximum atomic E-state index is 14.6. The van der Waals surface area contributed by atoms with E-state index in [0.29, 0.717) is 17.9 Å². The third kappa shape index (κ3) is 5.25. The standard InChI is InChI=1S/C21H20ClFN4O5S/c1-2-30-18(28)12-31-19-16(6-5-7-24-19)32-17-11-15(14(23)10-13(17)22)25-20-26-8-3-4-9-27(26)21(29)33-20/h5-7,10-11H,2-4,8-9,12H2,1H3. The molecular weight excluding hydrogens is 475 g/mol. The number of fused-ring (bicyclic) bond motifs is 1. The van der Waals surface area contributed by atoms with Crippen molar-refractivity contribution in [2.75, 3.05) is 13.2 Å². The van der Waals surface area contributed by atoms with Gasteiger partial charge in [0.25, 0.3) is 5.88 Å². The van der Waals surface area contributed by atoms with Gasteiger partial charge in [0, 0.05) is 25.4 Å². The summed E-state index contributed by atoms with van der Waals surface area (Å²) in [4.78, 5) is 32.5. The van der Waals surface area contributed by atoms with E-state index in [9.17, 15) is 14.0 Å². The number of ether oxygens (including phenoxy) is 3. The van der Waals surface area contributed by atoms with E-state index in [1.165, 1.54) is 12.3 Å². The first kappa shape index (κ1) is 23.0. The molecule has 0 bridgehead atoms. The quantitative estimate of drug-likeness (QED) is 0.465. The number of aromatic nitrogens is 3. The molecular formula is C21H20ClFN4O5S. The van der Waals surface area contributed by atoms with Crippen molar-refractivity contribution in [2.45, 2.75) is 32.9 Å². The zero-order chi connectivity index (χ0) is 23.4. The molecule has 0 fully saturated rings. The van der Waals surface area contributed by atoms with E-state index < -0.39 is 11.8 Å². The lowest BCUT2D eigenvalue weighted by Gasteiger charge is -2.16. The molecule has 0 N–H and O–H groups in total. The number of benzene rings is 1. The summed E-state index contributed by atoms with van der Waals surface area (Å²) in [5, 5.41) is 0.00592. The van der Waals surface area contributed by atoms with Crippen molar-refractivity contribution in [1.29, 1.82) is 0 Å². The largest absolute Gasteiger partial charge is 0.463 e. The van der Waals surface area contributed by atoms with Crippen molar-refractivity contribution in [3.63, 3.8) is 0 Å². The van der Waals surface area contributed by atoms with Crippen LogP contribution in [0, 0.1) is 5.82 Å². The Kier molecular flexibility index (Phi) is 7.09. The van der Waals surface area contributed by atoms with Gasteiger partial charge in [-0.2, -0.15) is 0 Å². The van der Waals surface area contributed by atoms with E-state index in [1.54, 1.807) is 28.4 Å². The summed E-state index contributed by atoms with van der Waals surface area (Å²) < 4.78 is 34.1. The molecule has 1 aliphatic rings. The first-order valence-corrected chi connectivity index (χ1v) is 11.4. The average Bonchev–Trinajstić information content (AvgIpc) is 3.12. The molecule has 4 rings (SSSR count). The highest BCUT2D eigenvalue weighted by Gasteiger charge is 2.17. The fourth-order valence-corrected chi connectivity index (χ4v) is 4.29. The van der Waals surface area contributed by atoms with E-state index >= 15 is 0 Å². The number of esters is 1. The Balaban J connectivity index is 1.65. The normalized spacial score (nSPS) is 13.5. The molecule has 0 aliphatic carbocycles. The van der Waals surface area contributed by atoms with Gasteiger partial charge in [0.05, 0.1) is 11.6 Å². The monoisotopic (exact) mass is 494 g/mol. The predicted octanol–water partition coefficient (Wildman–Crippen LogP) is 3.66. The molecule has 0 atom stereocenters. The fourth-order valence-electron chi connectivity index (χ4n) is 3.21. The summed E-state index contributed by atoms with van der Waals surface area (Å²) in [5.41, 5.74) is -0.0324. The van der Waals surface area contributed by atoms with Crippen molar-refractivity contribution < 1.29 is 23.4 Å². The molecule has 174 valence electrons. The van der Waals surface area contributed by atoms with Crippen molar-refractivity contribution in [2.24, 2.45) is 4.99 Å². The van der Waals surface area contributed by atoms with Crippen LogP contribution in [0.25, 0.3) is 0 Å². The summed E-state index contributed by atoms with van der Waals surface area (Å²) in [5.74, 6) is -0.895. The molecule has 12 heteroatoms. The van der Waals surface area contributed by atoms with Gasteiger partial charge >= 0.3 is 10.8 Å². The van der Waals surface area contributed by atoms with Gasteiger partial charge in [0.1, 0.15) is 11.4 Å². The van der Waals surface area contributed by atoms with Crippen LogP contribution in [-0.2, 0) is 22.6 Å². The van der Waals surface area contributed by atoms with Crippen LogP contribution >= 0.6 is 22.9 Å². The lowest BCUT2D eigenvalue weighted by Crippen LogP contribution is -2.31. The third-order valence-electron chi connectivity index (χ3n) is 4.70. The highest BCUT2D eigenvalue weighted by Crippen LogP contribution is 2.37. The van der Waals surface area contributed by atoms with E-state index in [0.717, 1.165) is 30.2 Å². The summed E-state index contributed by atoms with van der Waals surface area (Å²) >= 11 is 7.15. The van der Waals surface area contributed by atoms with Crippen molar-refractivity contribution in [1.82, 2.24) is 14.3 Å². The van der Waals surface area contributed by atoms with Crippen LogP contribution in [0.5, 0.6) is 17.4 Å². The number of hydrogen-bond acceptors (Lipinski definition) is 8. The summed E-state index contributed by atoms with van der Waals surface area (Å²) in [6.07, 6.45) is 3.29. The molecule has 33 heavy (non-hydrogen) atoms. The Morgan fingerprint density at radius 1 is 1.27 bits per heavy atom. The second kappa shape index (κ2) is 10.2. The Morgan fingerprint density at radius 2 is 2.06 bits per heavy atom. The van der Waals surface area contributed by atoms with Crippen molar-refractivity contribution >= 4 is 34.6 Å². The van der Waals surface area contributed by atoms with E-state index in [2.05, 4.69) is 9.98 Å². The Morgan fingerprint density at radius 3 is 2.85 bits per heavy atom. The number of pyridine rings is 1. The van der Waals surface area contributed by atoms with Gasteiger partial charge in [-0.05, 0) is 49.3 Å². The molecule has 0 radical (unpaired) electrons. The minimum absolute atomic E-state index is 0.00592. The molecule has 0 saturated heterocycles. The molecule has 3 heterocycles. The fraction of sp³-hybridized carbons (Fsp3) is 0.333. The first-order valence-electron chi connectivity index (χ1n) is 10.2. The highest BCUT2D eigenvalue weighted by molar-refractivity contribution is 7.06. The molecule has 1 aromatic carbocycles. The number of carbonyl (C=O) groups is 1. The number of rotatable bonds is 7. The van der Waals surface area contributed by atoms with Gasteiger partial charge in [-0.1, -0.05) is 11.6 Å². The summed E-state index contributed by atoms with van der Waals surface area (Å²) in [6, 6.07) is 5.60. The molecule has 0 unspecified atom stereocenters. The van der Waals surface area contributed by atoms with Crippen LogP contribution in [0.4, 0.5) is 10.1 Å². The Hall–Kier alpha value is -3.18. The zero-order valence-corrected chi connectivity index (χ0v) is 19.2. The number of carbonyl (C=O) groups excluding carboxylic acids is 1. The maximum Gasteiger partial charge on any atom is 0.344 e. The van der Waals surface area contributed by atoms with Crippen molar-refractivity contribution in [3.05, 3.63) is 55.8 Å². The molecule has 0 saturated carbocycles. The Bertz CT molecular complexity index is 1300. The van der Waals surface area contributed by atoms with Crippen LogP contribution in [0.15, 0.2) is 40.2 Å². The number of hydrogen-bond donors (Lipinski definition) is 0. The number of nitrogens with zero attached hydrogens (tertiary/aromatic N) is 4. The second-order valence-electron chi connectivity index (χ2n) is 6.95. The smallest absolute Gasteiger partial charge is 0.344 e. The van der Waals surface area contributed by atoms with Crippen LogP contribution in [0.2, 0.25) is 5.02 Å².